The Hall–Kier alpha value is -2.60. The van der Waals surface area contributed by atoms with Crippen molar-refractivity contribution in [3.05, 3.63) is 63.4 Å². The normalized spacial score (nSPS) is 13.6. The fourth-order valence-corrected chi connectivity index (χ4v) is 4.52. The number of benzene rings is 1. The number of aromatic nitrogens is 3. The van der Waals surface area contributed by atoms with E-state index in [4.69, 9.17) is 0 Å². The van der Waals surface area contributed by atoms with Crippen LogP contribution in [0.25, 0.3) is 10.8 Å². The maximum Gasteiger partial charge on any atom is 0.266 e. The van der Waals surface area contributed by atoms with E-state index in [0.29, 0.717) is 22.3 Å². The molecule has 0 bridgehead atoms. The lowest BCUT2D eigenvalue weighted by Gasteiger charge is -2.30. The lowest BCUT2D eigenvalue weighted by Crippen LogP contribution is -2.36. The first-order valence-corrected chi connectivity index (χ1v) is 9.47. The minimum atomic E-state index is 0.0481. The summed E-state index contributed by atoms with van der Waals surface area (Å²) < 4.78 is 0. The molecule has 3 aromatic rings. The van der Waals surface area contributed by atoms with Crippen molar-refractivity contribution >= 4 is 17.2 Å². The lowest BCUT2D eigenvalue weighted by molar-refractivity contribution is 0.0738. The number of rotatable bonds is 2. The molecule has 1 amide bonds. The van der Waals surface area contributed by atoms with Crippen molar-refractivity contribution in [1.82, 2.24) is 19.9 Å². The van der Waals surface area contributed by atoms with E-state index in [9.17, 15) is 4.79 Å². The van der Waals surface area contributed by atoms with Crippen LogP contribution in [0.3, 0.4) is 0 Å². The fraction of sp³-hybridized carbons (Fsp3) is 0.300. The van der Waals surface area contributed by atoms with Crippen molar-refractivity contribution in [1.29, 1.82) is 0 Å². The first kappa shape index (κ1) is 16.8. The zero-order valence-electron chi connectivity index (χ0n) is 15.1. The number of thiazole rings is 1. The second-order valence-corrected chi connectivity index (χ2v) is 7.70. The Bertz CT molecular complexity index is 981. The maximum atomic E-state index is 13.1. The van der Waals surface area contributed by atoms with Crippen molar-refractivity contribution in [3.8, 4) is 10.8 Å². The topological polar surface area (TPSA) is 59.0 Å². The van der Waals surface area contributed by atoms with Crippen molar-refractivity contribution in [2.45, 2.75) is 33.7 Å². The first-order chi connectivity index (χ1) is 12.5. The highest BCUT2D eigenvalue weighted by atomic mass is 32.1. The third kappa shape index (κ3) is 3.01. The van der Waals surface area contributed by atoms with Gasteiger partial charge in [0, 0.05) is 25.5 Å². The number of aryl methyl sites for hydroxylation is 3. The van der Waals surface area contributed by atoms with E-state index < -0.39 is 0 Å². The van der Waals surface area contributed by atoms with Gasteiger partial charge in [0.2, 0.25) is 0 Å². The number of fused-ring (bicyclic) bond motifs is 1. The number of hydrogen-bond acceptors (Lipinski definition) is 5. The van der Waals surface area contributed by atoms with Crippen molar-refractivity contribution in [2.24, 2.45) is 0 Å². The Morgan fingerprint density at radius 1 is 1.15 bits per heavy atom. The predicted molar refractivity (Wildman–Crippen MR) is 102 cm³/mol. The fourth-order valence-electron chi connectivity index (χ4n) is 3.53. The summed E-state index contributed by atoms with van der Waals surface area (Å²) in [5.41, 5.74) is 5.96. The summed E-state index contributed by atoms with van der Waals surface area (Å²) in [6.07, 6.45) is 4.28. The average molecular weight is 364 g/mol. The molecule has 0 N–H and O–H groups in total. The van der Waals surface area contributed by atoms with Gasteiger partial charge in [0.05, 0.1) is 5.69 Å². The van der Waals surface area contributed by atoms with Crippen LogP contribution in [-0.2, 0) is 13.0 Å². The number of amides is 1. The summed E-state index contributed by atoms with van der Waals surface area (Å²) in [4.78, 5) is 28.7. The molecule has 1 aliphatic heterocycles. The minimum Gasteiger partial charge on any atom is -0.333 e. The van der Waals surface area contributed by atoms with E-state index in [0.717, 1.165) is 18.7 Å². The van der Waals surface area contributed by atoms with Gasteiger partial charge in [-0.2, -0.15) is 0 Å². The standard InChI is InChI=1S/C20H20N4OS/c1-12-9-13(2)16-5-8-24(11-15(16)10-12)20(25)17-14(3)23-19(26-17)18-21-6-4-7-22-18/h4,6-7,9-10H,5,8,11H2,1-3H3. The molecule has 1 aliphatic rings. The summed E-state index contributed by atoms with van der Waals surface area (Å²) in [5.74, 6) is 0.613. The van der Waals surface area contributed by atoms with Crippen molar-refractivity contribution < 1.29 is 4.79 Å². The largest absolute Gasteiger partial charge is 0.333 e. The Balaban J connectivity index is 1.62. The highest BCUT2D eigenvalue weighted by Crippen LogP contribution is 2.29. The highest BCUT2D eigenvalue weighted by Gasteiger charge is 2.26. The minimum absolute atomic E-state index is 0.0481. The molecule has 4 rings (SSSR count). The van der Waals surface area contributed by atoms with E-state index in [1.807, 2.05) is 11.8 Å². The number of carbonyl (C=O) groups is 1. The van der Waals surface area contributed by atoms with Gasteiger partial charge in [-0.15, -0.1) is 11.3 Å². The molecule has 2 aromatic heterocycles. The lowest BCUT2D eigenvalue weighted by atomic mass is 9.93. The van der Waals surface area contributed by atoms with Gasteiger partial charge < -0.3 is 4.90 Å². The Morgan fingerprint density at radius 3 is 2.69 bits per heavy atom. The average Bonchev–Trinajstić information content (AvgIpc) is 3.03. The molecular weight excluding hydrogens is 344 g/mol. The van der Waals surface area contributed by atoms with Gasteiger partial charge in [0.25, 0.3) is 5.91 Å². The molecular formula is C20H20N4OS. The van der Waals surface area contributed by atoms with Crippen LogP contribution in [0.5, 0.6) is 0 Å². The summed E-state index contributed by atoms with van der Waals surface area (Å²) in [5, 5.41) is 0.690. The zero-order valence-corrected chi connectivity index (χ0v) is 15.9. The Kier molecular flexibility index (Phi) is 4.28. The summed E-state index contributed by atoms with van der Waals surface area (Å²) in [6.45, 7) is 7.54. The predicted octanol–water partition coefficient (Wildman–Crippen LogP) is 3.72. The zero-order chi connectivity index (χ0) is 18.3. The second-order valence-electron chi connectivity index (χ2n) is 6.70. The molecule has 0 aliphatic carbocycles. The van der Waals surface area contributed by atoms with E-state index >= 15 is 0 Å². The van der Waals surface area contributed by atoms with E-state index in [2.05, 4.69) is 40.9 Å². The van der Waals surface area contributed by atoms with Gasteiger partial charge in [-0.3, -0.25) is 4.79 Å². The molecule has 0 spiro atoms. The van der Waals surface area contributed by atoms with E-state index in [1.54, 1.807) is 18.5 Å². The van der Waals surface area contributed by atoms with Crippen LogP contribution in [-0.4, -0.2) is 32.3 Å². The third-order valence-electron chi connectivity index (χ3n) is 4.74. The van der Waals surface area contributed by atoms with E-state index in [-0.39, 0.29) is 5.91 Å². The first-order valence-electron chi connectivity index (χ1n) is 8.66. The Labute approximate surface area is 156 Å². The monoisotopic (exact) mass is 364 g/mol. The SMILES string of the molecule is Cc1cc(C)c2c(c1)CN(C(=O)c1sc(-c3ncccn3)nc1C)CC2. The van der Waals surface area contributed by atoms with Crippen LogP contribution in [0.1, 0.15) is 37.6 Å². The van der Waals surface area contributed by atoms with Crippen molar-refractivity contribution in [2.75, 3.05) is 6.54 Å². The van der Waals surface area contributed by atoms with Gasteiger partial charge in [0.1, 0.15) is 4.88 Å². The van der Waals surface area contributed by atoms with Crippen LogP contribution in [0, 0.1) is 20.8 Å². The van der Waals surface area contributed by atoms with Gasteiger partial charge in [-0.05, 0) is 49.9 Å². The van der Waals surface area contributed by atoms with Crippen molar-refractivity contribution in [3.63, 3.8) is 0 Å². The third-order valence-corrected chi connectivity index (χ3v) is 5.88. The quantitative estimate of drug-likeness (QED) is 0.695. The summed E-state index contributed by atoms with van der Waals surface area (Å²) in [6, 6.07) is 6.19. The molecule has 6 heteroatoms. The van der Waals surface area contributed by atoms with Gasteiger partial charge in [0.15, 0.2) is 10.8 Å². The number of nitrogens with zero attached hydrogens (tertiary/aromatic N) is 4. The molecule has 26 heavy (non-hydrogen) atoms. The van der Waals surface area contributed by atoms with Gasteiger partial charge >= 0.3 is 0 Å². The van der Waals surface area contributed by atoms with Crippen LogP contribution in [0.15, 0.2) is 30.6 Å². The summed E-state index contributed by atoms with van der Waals surface area (Å²) in [7, 11) is 0. The molecule has 1 aromatic carbocycles. The molecule has 3 heterocycles. The molecule has 0 atom stereocenters. The van der Waals surface area contributed by atoms with Crippen LogP contribution in [0.4, 0.5) is 0 Å². The maximum absolute atomic E-state index is 13.1. The molecule has 0 radical (unpaired) electrons. The van der Waals surface area contributed by atoms with Gasteiger partial charge in [-0.25, -0.2) is 15.0 Å². The number of carbonyl (C=O) groups excluding carboxylic acids is 1. The van der Waals surface area contributed by atoms with Gasteiger partial charge in [-0.1, -0.05) is 17.7 Å². The highest BCUT2D eigenvalue weighted by molar-refractivity contribution is 7.17. The molecule has 132 valence electrons. The van der Waals surface area contributed by atoms with Crippen LogP contribution in [0.2, 0.25) is 0 Å². The van der Waals surface area contributed by atoms with E-state index in [1.165, 1.54) is 33.6 Å². The molecule has 0 unspecified atom stereocenters. The molecule has 0 saturated carbocycles. The van der Waals surface area contributed by atoms with Crippen LogP contribution < -0.4 is 0 Å². The summed E-state index contributed by atoms with van der Waals surface area (Å²) >= 11 is 1.37. The second kappa shape index (κ2) is 6.61. The number of hydrogen-bond donors (Lipinski definition) is 0. The van der Waals surface area contributed by atoms with Crippen LogP contribution >= 0.6 is 11.3 Å². The smallest absolute Gasteiger partial charge is 0.266 e. The molecule has 0 saturated heterocycles. The Morgan fingerprint density at radius 2 is 1.92 bits per heavy atom. The molecule has 5 nitrogen and oxygen atoms in total. The molecule has 0 fully saturated rings.